The van der Waals surface area contributed by atoms with Crippen LogP contribution in [-0.4, -0.2) is 20.2 Å². The quantitative estimate of drug-likeness (QED) is 0.599. The van der Waals surface area contributed by atoms with Crippen LogP contribution in [-0.2, 0) is 10.6 Å². The van der Waals surface area contributed by atoms with Crippen molar-refractivity contribution in [2.24, 2.45) is 0 Å². The molecule has 16 heavy (non-hydrogen) atoms. The Morgan fingerprint density at radius 3 is 2.62 bits per heavy atom. The molecule has 0 radical (unpaired) electrons. The van der Waals surface area contributed by atoms with Gasteiger partial charge in [0.05, 0.1) is 19.8 Å². The van der Waals surface area contributed by atoms with Crippen molar-refractivity contribution < 1.29 is 14.3 Å². The Kier molecular flexibility index (Phi) is 4.15. The Bertz CT molecular complexity index is 451. The number of methoxy groups -OCH3 is 2. The number of nitrogens with zero attached hydrogens (tertiary/aromatic N) is 1. The highest BCUT2D eigenvalue weighted by molar-refractivity contribution is 6.17. The van der Waals surface area contributed by atoms with Crippen molar-refractivity contribution in [3.63, 3.8) is 0 Å². The second-order valence-corrected chi connectivity index (χ2v) is 3.22. The summed E-state index contributed by atoms with van der Waals surface area (Å²) in [5.74, 6) is -0.0330. The first kappa shape index (κ1) is 12.3. The van der Waals surface area contributed by atoms with Crippen LogP contribution in [0.2, 0.25) is 0 Å². The van der Waals surface area contributed by atoms with Crippen molar-refractivity contribution in [3.8, 4) is 11.8 Å². The number of nitriles is 1. The second-order valence-electron chi connectivity index (χ2n) is 2.96. The summed E-state index contributed by atoms with van der Waals surface area (Å²) in [4.78, 5) is 11.5. The lowest BCUT2D eigenvalue weighted by molar-refractivity contribution is 0.0600. The Labute approximate surface area is 98.3 Å². The van der Waals surface area contributed by atoms with Crippen molar-refractivity contribution in [1.82, 2.24) is 0 Å². The lowest BCUT2D eigenvalue weighted by Crippen LogP contribution is -2.06. The van der Waals surface area contributed by atoms with E-state index in [9.17, 15) is 4.79 Å². The number of halogens is 1. The van der Waals surface area contributed by atoms with Gasteiger partial charge in [-0.15, -0.1) is 11.6 Å². The molecule has 0 bridgehead atoms. The number of carbonyl (C=O) groups is 1. The number of carbonyl (C=O) groups excluding carboxylic acids is 1. The first-order valence-electron chi connectivity index (χ1n) is 4.43. The zero-order chi connectivity index (χ0) is 12.1. The van der Waals surface area contributed by atoms with Crippen LogP contribution in [0.25, 0.3) is 0 Å². The van der Waals surface area contributed by atoms with Gasteiger partial charge in [0.2, 0.25) is 0 Å². The summed E-state index contributed by atoms with van der Waals surface area (Å²) in [6, 6.07) is 5.06. The third-order valence-corrected chi connectivity index (χ3v) is 2.36. The largest absolute Gasteiger partial charge is 0.495 e. The molecule has 0 amide bonds. The van der Waals surface area contributed by atoms with Crippen LogP contribution in [0.1, 0.15) is 21.5 Å². The molecule has 0 aromatic heterocycles. The minimum Gasteiger partial charge on any atom is -0.495 e. The molecule has 0 aliphatic carbocycles. The van der Waals surface area contributed by atoms with Crippen LogP contribution in [0.5, 0.6) is 5.75 Å². The summed E-state index contributed by atoms with van der Waals surface area (Å²) >= 11 is 5.68. The molecule has 1 rings (SSSR count). The normalized spacial score (nSPS) is 9.38. The van der Waals surface area contributed by atoms with E-state index < -0.39 is 5.97 Å². The van der Waals surface area contributed by atoms with Crippen molar-refractivity contribution in [2.45, 2.75) is 5.88 Å². The fourth-order valence-corrected chi connectivity index (χ4v) is 1.45. The van der Waals surface area contributed by atoms with Gasteiger partial charge in [0.15, 0.2) is 0 Å². The Morgan fingerprint density at radius 2 is 2.19 bits per heavy atom. The van der Waals surface area contributed by atoms with Crippen molar-refractivity contribution in [3.05, 3.63) is 28.8 Å². The molecule has 0 aliphatic rings. The predicted molar refractivity (Wildman–Crippen MR) is 58.6 cm³/mol. The monoisotopic (exact) mass is 239 g/mol. The van der Waals surface area contributed by atoms with E-state index in [2.05, 4.69) is 4.74 Å². The highest BCUT2D eigenvalue weighted by Crippen LogP contribution is 2.25. The molecule has 5 heteroatoms. The third-order valence-electron chi connectivity index (χ3n) is 2.05. The molecule has 0 saturated heterocycles. The summed E-state index contributed by atoms with van der Waals surface area (Å²) in [7, 11) is 2.68. The molecule has 1 aromatic carbocycles. The number of hydrogen-bond donors (Lipinski definition) is 0. The Balaban J connectivity index is 3.44. The molecule has 0 aliphatic heterocycles. The number of esters is 1. The van der Waals surface area contributed by atoms with Crippen molar-refractivity contribution in [2.75, 3.05) is 14.2 Å². The number of alkyl halides is 1. The van der Waals surface area contributed by atoms with E-state index in [-0.39, 0.29) is 17.0 Å². The molecule has 4 nitrogen and oxygen atoms in total. The van der Waals surface area contributed by atoms with E-state index in [1.807, 2.05) is 6.07 Å². The minimum absolute atomic E-state index is 0.156. The van der Waals surface area contributed by atoms with Gasteiger partial charge in [-0.2, -0.15) is 5.26 Å². The van der Waals surface area contributed by atoms with Gasteiger partial charge in [0.25, 0.3) is 0 Å². The topological polar surface area (TPSA) is 59.3 Å². The smallest absolute Gasteiger partial charge is 0.339 e. The number of benzene rings is 1. The van der Waals surface area contributed by atoms with Gasteiger partial charge in [-0.1, -0.05) is 0 Å². The molecule has 0 heterocycles. The maximum atomic E-state index is 11.5. The van der Waals surface area contributed by atoms with Crippen LogP contribution >= 0.6 is 11.6 Å². The molecule has 0 fully saturated rings. The van der Waals surface area contributed by atoms with Crippen LogP contribution in [0.15, 0.2) is 12.1 Å². The molecule has 0 N–H and O–H groups in total. The van der Waals surface area contributed by atoms with Gasteiger partial charge in [-0.25, -0.2) is 4.79 Å². The SMILES string of the molecule is COC(=O)c1cc(CCl)cc(OC)c1C#N. The van der Waals surface area contributed by atoms with E-state index in [1.165, 1.54) is 20.3 Å². The molecule has 0 atom stereocenters. The van der Waals surface area contributed by atoms with Crippen molar-refractivity contribution >= 4 is 17.6 Å². The van der Waals surface area contributed by atoms with E-state index in [0.29, 0.717) is 11.3 Å². The minimum atomic E-state index is -0.582. The van der Waals surface area contributed by atoms with Crippen LogP contribution in [0.3, 0.4) is 0 Å². The van der Waals surface area contributed by atoms with Gasteiger partial charge < -0.3 is 9.47 Å². The predicted octanol–water partition coefficient (Wildman–Crippen LogP) is 2.09. The van der Waals surface area contributed by atoms with Gasteiger partial charge in [-0.3, -0.25) is 0 Å². The average molecular weight is 240 g/mol. The fourth-order valence-electron chi connectivity index (χ4n) is 1.30. The highest BCUT2D eigenvalue weighted by Gasteiger charge is 2.17. The highest BCUT2D eigenvalue weighted by atomic mass is 35.5. The molecule has 84 valence electrons. The molecule has 0 saturated carbocycles. The molecule has 0 unspecified atom stereocenters. The van der Waals surface area contributed by atoms with Crippen LogP contribution < -0.4 is 4.74 Å². The van der Waals surface area contributed by atoms with Crippen molar-refractivity contribution in [1.29, 1.82) is 5.26 Å². The number of hydrogen-bond acceptors (Lipinski definition) is 4. The summed E-state index contributed by atoms with van der Waals surface area (Å²) in [6.07, 6.45) is 0. The van der Waals surface area contributed by atoms with Gasteiger partial charge >= 0.3 is 5.97 Å². The number of ether oxygens (including phenoxy) is 2. The molecular weight excluding hydrogens is 230 g/mol. The van der Waals surface area contributed by atoms with Crippen LogP contribution in [0, 0.1) is 11.3 Å². The zero-order valence-electron chi connectivity index (χ0n) is 8.91. The maximum Gasteiger partial charge on any atom is 0.339 e. The van der Waals surface area contributed by atoms with E-state index >= 15 is 0 Å². The van der Waals surface area contributed by atoms with E-state index in [4.69, 9.17) is 21.6 Å². The molecule has 1 aromatic rings. The molecule has 0 spiro atoms. The third kappa shape index (κ3) is 2.26. The van der Waals surface area contributed by atoms with Crippen LogP contribution in [0.4, 0.5) is 0 Å². The first-order valence-corrected chi connectivity index (χ1v) is 4.96. The van der Waals surface area contributed by atoms with E-state index in [1.54, 1.807) is 6.07 Å². The Morgan fingerprint density at radius 1 is 1.50 bits per heavy atom. The Hall–Kier alpha value is -1.73. The zero-order valence-corrected chi connectivity index (χ0v) is 9.67. The summed E-state index contributed by atoms with van der Waals surface area (Å²) in [5.41, 5.74) is 1.01. The summed E-state index contributed by atoms with van der Waals surface area (Å²) in [6.45, 7) is 0. The van der Waals surface area contributed by atoms with Gasteiger partial charge in [0, 0.05) is 5.88 Å². The fraction of sp³-hybridized carbons (Fsp3) is 0.273. The van der Waals surface area contributed by atoms with Gasteiger partial charge in [0.1, 0.15) is 17.4 Å². The lowest BCUT2D eigenvalue weighted by atomic mass is 10.0. The summed E-state index contributed by atoms with van der Waals surface area (Å²) in [5, 5.41) is 8.97. The summed E-state index contributed by atoms with van der Waals surface area (Å²) < 4.78 is 9.61. The lowest BCUT2D eigenvalue weighted by Gasteiger charge is -2.09. The average Bonchev–Trinajstić information content (AvgIpc) is 2.35. The molecular formula is C11H10ClNO3. The van der Waals surface area contributed by atoms with Gasteiger partial charge in [-0.05, 0) is 17.7 Å². The second kappa shape index (κ2) is 5.38. The first-order chi connectivity index (χ1) is 7.67. The maximum absolute atomic E-state index is 11.5. The van der Waals surface area contributed by atoms with E-state index in [0.717, 1.165) is 0 Å². The number of rotatable bonds is 3. The standard InChI is InChI=1S/C11H10ClNO3/c1-15-10-4-7(5-12)3-8(9(10)6-13)11(14)16-2/h3-4H,5H2,1-2H3.